The highest BCUT2D eigenvalue weighted by molar-refractivity contribution is 6.30. The molecule has 4 nitrogen and oxygen atoms in total. The number of para-hydroxylation sites is 1. The molecule has 0 saturated heterocycles. The van der Waals surface area contributed by atoms with Gasteiger partial charge in [-0.15, -0.1) is 0 Å². The summed E-state index contributed by atoms with van der Waals surface area (Å²) in [7, 11) is 0. The molecule has 26 heavy (non-hydrogen) atoms. The van der Waals surface area contributed by atoms with Gasteiger partial charge in [0.15, 0.2) is 0 Å². The normalized spacial score (nSPS) is 10.7. The molecule has 134 valence electrons. The van der Waals surface area contributed by atoms with Crippen LogP contribution in [-0.2, 0) is 6.42 Å². The molecule has 6 heteroatoms. The van der Waals surface area contributed by atoms with Gasteiger partial charge in [-0.3, -0.25) is 4.79 Å². The summed E-state index contributed by atoms with van der Waals surface area (Å²) in [6.45, 7) is 2.42. The summed E-state index contributed by atoms with van der Waals surface area (Å²) < 4.78 is 15.6. The first-order chi connectivity index (χ1) is 12.5. The molecule has 1 aromatic heterocycles. The van der Waals surface area contributed by atoms with Crippen LogP contribution >= 0.6 is 11.6 Å². The summed E-state index contributed by atoms with van der Waals surface area (Å²) >= 11 is 5.70. The third-order valence-electron chi connectivity index (χ3n) is 4.11. The molecule has 3 aromatic rings. The average molecular weight is 372 g/mol. The number of nitrogens with zero attached hydrogens (tertiary/aromatic N) is 2. The topological polar surface area (TPSA) is 46.9 Å². The highest BCUT2D eigenvalue weighted by Gasteiger charge is 2.12. The van der Waals surface area contributed by atoms with Crippen LogP contribution in [0.25, 0.3) is 5.69 Å². The van der Waals surface area contributed by atoms with E-state index in [9.17, 15) is 9.18 Å². The second-order valence-electron chi connectivity index (χ2n) is 6.00. The Labute approximate surface area is 156 Å². The molecule has 0 fully saturated rings. The molecule has 0 saturated carbocycles. The van der Waals surface area contributed by atoms with Crippen LogP contribution in [0.2, 0.25) is 5.02 Å². The Morgan fingerprint density at radius 2 is 2.00 bits per heavy atom. The van der Waals surface area contributed by atoms with Gasteiger partial charge in [0, 0.05) is 17.8 Å². The minimum Gasteiger partial charge on any atom is -0.352 e. The van der Waals surface area contributed by atoms with E-state index in [1.807, 2.05) is 48.1 Å². The first kappa shape index (κ1) is 18.1. The van der Waals surface area contributed by atoms with Crippen LogP contribution in [0.15, 0.2) is 54.7 Å². The van der Waals surface area contributed by atoms with Gasteiger partial charge in [0.1, 0.15) is 5.82 Å². The molecule has 3 rings (SSSR count). The van der Waals surface area contributed by atoms with Gasteiger partial charge in [-0.25, -0.2) is 9.07 Å². The summed E-state index contributed by atoms with van der Waals surface area (Å²) in [5.41, 5.74) is 3.10. The van der Waals surface area contributed by atoms with E-state index in [2.05, 4.69) is 10.4 Å². The Hall–Kier alpha value is -2.66. The molecule has 1 N–H and O–H groups in total. The fourth-order valence-electron chi connectivity index (χ4n) is 2.70. The largest absolute Gasteiger partial charge is 0.352 e. The molecule has 0 aliphatic carbocycles. The third kappa shape index (κ3) is 4.29. The van der Waals surface area contributed by atoms with Crippen LogP contribution in [0.1, 0.15) is 28.0 Å². The van der Waals surface area contributed by atoms with Crippen molar-refractivity contribution in [2.75, 3.05) is 6.54 Å². The van der Waals surface area contributed by atoms with Gasteiger partial charge in [-0.05, 0) is 55.7 Å². The van der Waals surface area contributed by atoms with Gasteiger partial charge in [-0.1, -0.05) is 29.8 Å². The van der Waals surface area contributed by atoms with Crippen molar-refractivity contribution in [3.05, 3.63) is 82.4 Å². The van der Waals surface area contributed by atoms with Crippen LogP contribution in [-0.4, -0.2) is 22.2 Å². The van der Waals surface area contributed by atoms with Gasteiger partial charge in [0.25, 0.3) is 5.91 Å². The van der Waals surface area contributed by atoms with Crippen molar-refractivity contribution in [1.82, 2.24) is 15.1 Å². The zero-order valence-electron chi connectivity index (χ0n) is 14.4. The van der Waals surface area contributed by atoms with Crippen LogP contribution < -0.4 is 5.32 Å². The number of rotatable bonds is 6. The lowest BCUT2D eigenvalue weighted by molar-refractivity contribution is 0.0949. The lowest BCUT2D eigenvalue weighted by Gasteiger charge is -2.06. The van der Waals surface area contributed by atoms with Crippen molar-refractivity contribution < 1.29 is 9.18 Å². The second-order valence-corrected chi connectivity index (χ2v) is 6.44. The Bertz CT molecular complexity index is 909. The summed E-state index contributed by atoms with van der Waals surface area (Å²) in [6.07, 6.45) is 3.52. The lowest BCUT2D eigenvalue weighted by Crippen LogP contribution is -2.25. The van der Waals surface area contributed by atoms with Crippen molar-refractivity contribution in [1.29, 1.82) is 0 Å². The molecular formula is C20H19ClFN3O. The highest BCUT2D eigenvalue weighted by Crippen LogP contribution is 2.15. The van der Waals surface area contributed by atoms with Crippen molar-refractivity contribution >= 4 is 17.5 Å². The molecule has 0 spiro atoms. The fraction of sp³-hybridized carbons (Fsp3) is 0.200. The van der Waals surface area contributed by atoms with E-state index in [0.717, 1.165) is 35.9 Å². The molecule has 0 aliphatic rings. The van der Waals surface area contributed by atoms with Crippen molar-refractivity contribution in [3.8, 4) is 5.69 Å². The number of carbonyl (C=O) groups excluding carboxylic acids is 1. The number of benzene rings is 2. The predicted octanol–water partition coefficient (Wildman–Crippen LogP) is 4.34. The maximum atomic E-state index is 13.7. The van der Waals surface area contributed by atoms with Crippen molar-refractivity contribution in [3.63, 3.8) is 0 Å². The molecule has 1 amide bonds. The predicted molar refractivity (Wildman–Crippen MR) is 100 cm³/mol. The lowest BCUT2D eigenvalue weighted by atomic mass is 10.1. The Morgan fingerprint density at radius 3 is 2.73 bits per heavy atom. The zero-order chi connectivity index (χ0) is 18.5. The van der Waals surface area contributed by atoms with Crippen LogP contribution in [0, 0.1) is 12.7 Å². The fourth-order valence-corrected chi connectivity index (χ4v) is 2.86. The van der Waals surface area contributed by atoms with E-state index < -0.39 is 11.7 Å². The van der Waals surface area contributed by atoms with Gasteiger partial charge < -0.3 is 5.32 Å². The number of carbonyl (C=O) groups is 1. The van der Waals surface area contributed by atoms with Crippen LogP contribution in [0.3, 0.4) is 0 Å². The Kier molecular flexibility index (Phi) is 5.68. The van der Waals surface area contributed by atoms with E-state index >= 15 is 0 Å². The summed E-state index contributed by atoms with van der Waals surface area (Å²) in [5.74, 6) is -1.05. The van der Waals surface area contributed by atoms with Crippen LogP contribution in [0.5, 0.6) is 0 Å². The van der Waals surface area contributed by atoms with E-state index in [4.69, 9.17) is 11.6 Å². The number of amides is 1. The first-order valence-corrected chi connectivity index (χ1v) is 8.76. The second kappa shape index (κ2) is 8.15. The minimum atomic E-state index is -0.616. The summed E-state index contributed by atoms with van der Waals surface area (Å²) in [4.78, 5) is 12.0. The monoisotopic (exact) mass is 371 g/mol. The van der Waals surface area contributed by atoms with E-state index in [-0.39, 0.29) is 10.6 Å². The molecule has 1 heterocycles. The van der Waals surface area contributed by atoms with Crippen molar-refractivity contribution in [2.45, 2.75) is 19.8 Å². The maximum absolute atomic E-state index is 13.7. The van der Waals surface area contributed by atoms with Gasteiger partial charge in [0.2, 0.25) is 0 Å². The van der Waals surface area contributed by atoms with E-state index in [1.54, 1.807) is 0 Å². The minimum absolute atomic E-state index is 0.00229. The molecule has 2 aromatic carbocycles. The summed E-state index contributed by atoms with van der Waals surface area (Å²) in [5, 5.41) is 7.54. The molecule has 0 bridgehead atoms. The molecule has 0 aliphatic heterocycles. The first-order valence-electron chi connectivity index (χ1n) is 8.38. The summed E-state index contributed by atoms with van der Waals surface area (Å²) in [6, 6.07) is 13.9. The number of nitrogens with one attached hydrogen (secondary N) is 1. The van der Waals surface area contributed by atoms with Crippen molar-refractivity contribution in [2.24, 2.45) is 0 Å². The Morgan fingerprint density at radius 1 is 1.23 bits per heavy atom. The molecule has 0 unspecified atom stereocenters. The molecular weight excluding hydrogens is 353 g/mol. The third-order valence-corrected chi connectivity index (χ3v) is 4.34. The SMILES string of the molecule is Cc1nn(-c2ccccc2)cc1CCCNC(=O)c1ccc(Cl)cc1F. The van der Waals surface area contributed by atoms with E-state index in [1.165, 1.54) is 12.1 Å². The zero-order valence-corrected chi connectivity index (χ0v) is 15.1. The number of halogens is 2. The Balaban J connectivity index is 1.54. The average Bonchev–Trinajstić information content (AvgIpc) is 3.00. The number of hydrogen-bond donors (Lipinski definition) is 1. The van der Waals surface area contributed by atoms with Gasteiger partial charge in [0.05, 0.1) is 16.9 Å². The standard InChI is InChI=1S/C20H19ClFN3O/c1-14-15(13-25(24-14)17-7-3-2-4-8-17)6-5-11-23-20(26)18-10-9-16(21)12-19(18)22/h2-4,7-10,12-13H,5-6,11H2,1H3,(H,23,26). The van der Waals surface area contributed by atoms with E-state index in [0.29, 0.717) is 6.54 Å². The molecule has 0 atom stereocenters. The van der Waals surface area contributed by atoms with Gasteiger partial charge >= 0.3 is 0 Å². The smallest absolute Gasteiger partial charge is 0.254 e. The number of aryl methyl sites for hydroxylation is 2. The van der Waals surface area contributed by atoms with Crippen LogP contribution in [0.4, 0.5) is 4.39 Å². The highest BCUT2D eigenvalue weighted by atomic mass is 35.5. The number of aromatic nitrogens is 2. The quantitative estimate of drug-likeness (QED) is 0.655. The maximum Gasteiger partial charge on any atom is 0.254 e. The van der Waals surface area contributed by atoms with Gasteiger partial charge in [-0.2, -0.15) is 5.10 Å². The number of hydrogen-bond acceptors (Lipinski definition) is 2. The molecule has 0 radical (unpaired) electrons.